The summed E-state index contributed by atoms with van der Waals surface area (Å²) in [5.74, 6) is 0.858. The average Bonchev–Trinajstić information content (AvgIpc) is 2.33. The van der Waals surface area contributed by atoms with Gasteiger partial charge in [0, 0.05) is 34.2 Å². The molecule has 0 aliphatic heterocycles. The molecule has 0 atom stereocenters. The van der Waals surface area contributed by atoms with Crippen LogP contribution in [0.2, 0.25) is 0 Å². The first-order valence-corrected chi connectivity index (χ1v) is 6.16. The van der Waals surface area contributed by atoms with E-state index in [4.69, 9.17) is 4.74 Å². The van der Waals surface area contributed by atoms with Crippen molar-refractivity contribution in [2.24, 2.45) is 0 Å². The molecule has 17 heavy (non-hydrogen) atoms. The van der Waals surface area contributed by atoms with E-state index < -0.39 is 0 Å². The van der Waals surface area contributed by atoms with Crippen molar-refractivity contribution in [1.82, 2.24) is 0 Å². The molecule has 0 aromatic heterocycles. The molecule has 0 spiro atoms. The molecular formula is C13H12OS2Zn. The average molecular weight is 314 g/mol. The Morgan fingerprint density at radius 2 is 1.76 bits per heavy atom. The van der Waals surface area contributed by atoms with Crippen LogP contribution >= 0.6 is 24.4 Å². The summed E-state index contributed by atoms with van der Waals surface area (Å²) >= 11 is 6.13. The van der Waals surface area contributed by atoms with Crippen LogP contribution in [0.15, 0.2) is 63.2 Å². The summed E-state index contributed by atoms with van der Waals surface area (Å²) < 4.78 is 5.20. The summed E-state index contributed by atoms with van der Waals surface area (Å²) in [6.07, 6.45) is 0. The van der Waals surface area contributed by atoms with Gasteiger partial charge in [0.25, 0.3) is 0 Å². The van der Waals surface area contributed by atoms with Crippen LogP contribution in [-0.2, 0) is 19.5 Å². The van der Waals surface area contributed by atoms with E-state index in [-0.39, 0.29) is 19.5 Å². The molecule has 0 heterocycles. The van der Waals surface area contributed by atoms with Crippen LogP contribution in [0, 0.1) is 0 Å². The topological polar surface area (TPSA) is 9.23 Å². The SMILES string of the molecule is COc1ccc(S)c(Sc2ccccc2)c1.[Zn]. The zero-order chi connectivity index (χ0) is 11.4. The predicted octanol–water partition coefficient (Wildman–Crippen LogP) is 4.13. The molecular weight excluding hydrogens is 302 g/mol. The van der Waals surface area contributed by atoms with Crippen molar-refractivity contribution in [2.45, 2.75) is 14.7 Å². The molecule has 4 heteroatoms. The fraction of sp³-hybridized carbons (Fsp3) is 0.0769. The predicted molar refractivity (Wildman–Crippen MR) is 70.8 cm³/mol. The number of ether oxygens (including phenoxy) is 1. The van der Waals surface area contributed by atoms with E-state index >= 15 is 0 Å². The molecule has 0 aliphatic carbocycles. The van der Waals surface area contributed by atoms with E-state index in [9.17, 15) is 0 Å². The molecule has 0 radical (unpaired) electrons. The number of hydrogen-bond acceptors (Lipinski definition) is 3. The molecule has 0 unspecified atom stereocenters. The Kier molecular flexibility index (Phi) is 6.11. The Bertz CT molecular complexity index is 474. The molecule has 0 N–H and O–H groups in total. The van der Waals surface area contributed by atoms with Gasteiger partial charge in [0.2, 0.25) is 0 Å². The summed E-state index contributed by atoms with van der Waals surface area (Å²) in [6, 6.07) is 16.1. The van der Waals surface area contributed by atoms with E-state index in [1.165, 1.54) is 4.90 Å². The Morgan fingerprint density at radius 3 is 2.41 bits per heavy atom. The molecule has 1 nitrogen and oxygen atoms in total. The number of methoxy groups -OCH3 is 1. The summed E-state index contributed by atoms with van der Waals surface area (Å²) in [6.45, 7) is 0. The van der Waals surface area contributed by atoms with Gasteiger partial charge >= 0.3 is 0 Å². The van der Waals surface area contributed by atoms with Gasteiger partial charge in [0.1, 0.15) is 5.75 Å². The van der Waals surface area contributed by atoms with Gasteiger partial charge < -0.3 is 4.74 Å². The molecule has 2 aromatic carbocycles. The Balaban J connectivity index is 0.00000144. The van der Waals surface area contributed by atoms with Crippen molar-refractivity contribution in [2.75, 3.05) is 7.11 Å². The zero-order valence-electron chi connectivity index (χ0n) is 9.59. The molecule has 0 saturated carbocycles. The van der Waals surface area contributed by atoms with Gasteiger partial charge in [-0.05, 0) is 30.3 Å². The maximum atomic E-state index is 5.20. The van der Waals surface area contributed by atoms with Crippen LogP contribution in [-0.4, -0.2) is 7.11 Å². The maximum Gasteiger partial charge on any atom is 0.120 e. The Morgan fingerprint density at radius 1 is 1.06 bits per heavy atom. The second-order valence-electron chi connectivity index (χ2n) is 3.25. The van der Waals surface area contributed by atoms with Crippen molar-refractivity contribution in [1.29, 1.82) is 0 Å². The van der Waals surface area contributed by atoms with E-state index in [0.717, 1.165) is 15.5 Å². The van der Waals surface area contributed by atoms with Crippen molar-refractivity contribution >= 4 is 24.4 Å². The van der Waals surface area contributed by atoms with Crippen LogP contribution in [0.5, 0.6) is 5.75 Å². The van der Waals surface area contributed by atoms with Crippen molar-refractivity contribution in [3.05, 3.63) is 48.5 Å². The number of hydrogen-bond donors (Lipinski definition) is 1. The zero-order valence-corrected chi connectivity index (χ0v) is 14.3. The summed E-state index contributed by atoms with van der Waals surface area (Å²) in [7, 11) is 1.67. The summed E-state index contributed by atoms with van der Waals surface area (Å²) in [4.78, 5) is 3.27. The monoisotopic (exact) mass is 312 g/mol. The third-order valence-electron chi connectivity index (χ3n) is 2.14. The van der Waals surface area contributed by atoms with Gasteiger partial charge in [-0.25, -0.2) is 0 Å². The first kappa shape index (κ1) is 14.6. The summed E-state index contributed by atoms with van der Waals surface area (Å²) in [5, 5.41) is 0. The first-order valence-electron chi connectivity index (χ1n) is 4.89. The van der Waals surface area contributed by atoms with Gasteiger partial charge in [-0.15, -0.1) is 12.6 Å². The smallest absolute Gasteiger partial charge is 0.120 e. The molecule has 2 rings (SSSR count). The van der Waals surface area contributed by atoms with Crippen LogP contribution < -0.4 is 4.74 Å². The van der Waals surface area contributed by atoms with Gasteiger partial charge in [-0.2, -0.15) is 0 Å². The van der Waals surface area contributed by atoms with E-state index in [0.29, 0.717) is 0 Å². The molecule has 0 aliphatic rings. The third-order valence-corrected chi connectivity index (χ3v) is 3.74. The minimum absolute atomic E-state index is 0. The fourth-order valence-corrected chi connectivity index (χ4v) is 2.49. The second kappa shape index (κ2) is 7.10. The van der Waals surface area contributed by atoms with Crippen molar-refractivity contribution in [3.63, 3.8) is 0 Å². The van der Waals surface area contributed by atoms with Gasteiger partial charge in [-0.1, -0.05) is 30.0 Å². The van der Waals surface area contributed by atoms with E-state index in [1.807, 2.05) is 36.4 Å². The van der Waals surface area contributed by atoms with Crippen LogP contribution in [0.4, 0.5) is 0 Å². The first-order chi connectivity index (χ1) is 7.79. The molecule has 2 aromatic rings. The number of thiol groups is 1. The van der Waals surface area contributed by atoms with Gasteiger partial charge in [-0.3, -0.25) is 0 Å². The number of rotatable bonds is 3. The number of benzene rings is 2. The largest absolute Gasteiger partial charge is 0.497 e. The molecule has 0 fully saturated rings. The fourth-order valence-electron chi connectivity index (χ4n) is 1.32. The van der Waals surface area contributed by atoms with Gasteiger partial charge in [0.15, 0.2) is 0 Å². The van der Waals surface area contributed by atoms with Gasteiger partial charge in [0.05, 0.1) is 7.11 Å². The third kappa shape index (κ3) is 4.06. The van der Waals surface area contributed by atoms with E-state index in [2.05, 4.69) is 24.8 Å². The molecule has 0 bridgehead atoms. The van der Waals surface area contributed by atoms with Crippen molar-refractivity contribution in [3.8, 4) is 5.75 Å². The minimum Gasteiger partial charge on any atom is -0.497 e. The minimum atomic E-state index is 0. The standard InChI is InChI=1S/C13H12OS2.Zn/c1-14-10-7-8-12(15)13(9-10)16-11-5-3-2-4-6-11;/h2-9,15H,1H3;. The van der Waals surface area contributed by atoms with E-state index in [1.54, 1.807) is 18.9 Å². The Hall–Kier alpha value is -0.437. The second-order valence-corrected chi connectivity index (χ2v) is 4.85. The molecule has 0 amide bonds. The quantitative estimate of drug-likeness (QED) is 0.674. The molecule has 84 valence electrons. The normalized spacial score (nSPS) is 9.53. The van der Waals surface area contributed by atoms with Crippen LogP contribution in [0.1, 0.15) is 0 Å². The maximum absolute atomic E-state index is 5.20. The van der Waals surface area contributed by atoms with Crippen LogP contribution in [0.3, 0.4) is 0 Å². The molecule has 0 saturated heterocycles. The van der Waals surface area contributed by atoms with Crippen LogP contribution in [0.25, 0.3) is 0 Å². The summed E-state index contributed by atoms with van der Waals surface area (Å²) in [5.41, 5.74) is 0. The van der Waals surface area contributed by atoms with Crippen molar-refractivity contribution < 1.29 is 24.2 Å². The Labute approximate surface area is 124 Å².